The molecule has 2 N–H and O–H groups in total. The topological polar surface area (TPSA) is 115 Å². The van der Waals surface area contributed by atoms with Crippen molar-refractivity contribution in [2.75, 3.05) is 16.8 Å². The Morgan fingerprint density at radius 1 is 1.09 bits per heavy atom. The largest absolute Gasteiger partial charge is 0.416 e. The number of amides is 3. The summed E-state index contributed by atoms with van der Waals surface area (Å²) in [6, 6.07) is 8.48. The fourth-order valence-corrected chi connectivity index (χ4v) is 6.18. The van der Waals surface area contributed by atoms with Gasteiger partial charge in [-0.05, 0) is 60.0 Å². The number of anilines is 2. The third kappa shape index (κ3) is 4.76. The van der Waals surface area contributed by atoms with E-state index in [9.17, 15) is 36.8 Å². The third-order valence-corrected chi connectivity index (χ3v) is 8.28. The molecule has 2 aliphatic rings. The second kappa shape index (κ2) is 10.5. The molecular formula is C31H17ClF5N7O2. The minimum atomic E-state index is -4.93. The molecule has 1 atom stereocenters. The van der Waals surface area contributed by atoms with Crippen LogP contribution in [0, 0.1) is 23.0 Å². The lowest BCUT2D eigenvalue weighted by Gasteiger charge is -2.35. The molecule has 2 aliphatic heterocycles. The number of rotatable bonds is 4. The molecule has 7 rings (SSSR count). The summed E-state index contributed by atoms with van der Waals surface area (Å²) in [7, 11) is 0. The maximum atomic E-state index is 14.5. The lowest BCUT2D eigenvalue weighted by molar-refractivity contribution is -0.137. The Labute approximate surface area is 260 Å². The minimum Gasteiger partial charge on any atom is -0.327 e. The normalized spacial score (nSPS) is 15.5. The van der Waals surface area contributed by atoms with Crippen LogP contribution in [0.15, 0.2) is 61.1 Å². The third-order valence-electron chi connectivity index (χ3n) is 7.93. The zero-order chi connectivity index (χ0) is 32.5. The number of hydrogen-bond donors (Lipinski definition) is 2. The smallest absolute Gasteiger partial charge is 0.327 e. The zero-order valence-corrected chi connectivity index (χ0v) is 23.8. The molecule has 15 heteroatoms. The Kier molecular flexibility index (Phi) is 6.67. The molecule has 0 bridgehead atoms. The van der Waals surface area contributed by atoms with Crippen LogP contribution in [0.5, 0.6) is 0 Å². The molecule has 2 aromatic heterocycles. The van der Waals surface area contributed by atoms with Gasteiger partial charge in [0.15, 0.2) is 5.65 Å². The summed E-state index contributed by atoms with van der Waals surface area (Å²) in [5, 5.41) is 19.6. The lowest BCUT2D eigenvalue weighted by atomic mass is 9.87. The van der Waals surface area contributed by atoms with E-state index in [1.165, 1.54) is 33.9 Å². The summed E-state index contributed by atoms with van der Waals surface area (Å²) in [5.41, 5.74) is 0.748. The summed E-state index contributed by atoms with van der Waals surface area (Å²) in [6.45, 7) is 0.203. The van der Waals surface area contributed by atoms with E-state index in [2.05, 4.69) is 26.8 Å². The highest BCUT2D eigenvalue weighted by atomic mass is 35.5. The van der Waals surface area contributed by atoms with Crippen molar-refractivity contribution in [1.29, 1.82) is 5.26 Å². The molecule has 0 saturated carbocycles. The minimum absolute atomic E-state index is 0.00336. The van der Waals surface area contributed by atoms with Crippen LogP contribution in [0.4, 0.5) is 38.1 Å². The molecule has 46 heavy (non-hydrogen) atoms. The van der Waals surface area contributed by atoms with E-state index in [0.29, 0.717) is 46.6 Å². The number of nitriles is 1. The van der Waals surface area contributed by atoms with E-state index in [1.54, 1.807) is 6.20 Å². The lowest BCUT2D eigenvalue weighted by Crippen LogP contribution is -2.46. The first kappa shape index (κ1) is 29.2. The van der Waals surface area contributed by atoms with Gasteiger partial charge in [0.25, 0.3) is 5.91 Å². The maximum Gasteiger partial charge on any atom is 0.416 e. The number of carbonyl (C=O) groups excluding carboxylic acids is 2. The van der Waals surface area contributed by atoms with Gasteiger partial charge in [0.1, 0.15) is 18.0 Å². The van der Waals surface area contributed by atoms with Crippen LogP contribution in [0.25, 0.3) is 16.8 Å². The van der Waals surface area contributed by atoms with Crippen molar-refractivity contribution in [2.24, 2.45) is 0 Å². The summed E-state index contributed by atoms with van der Waals surface area (Å²) < 4.78 is 70.7. The number of hydrogen-bond acceptors (Lipinski definition) is 5. The predicted octanol–water partition coefficient (Wildman–Crippen LogP) is 6.65. The number of pyridine rings is 1. The fourth-order valence-electron chi connectivity index (χ4n) is 5.95. The SMILES string of the molecule is N#Cc1cc2ncnn2cc1-c1cc(NC(=O)c2cc(F)cc(C(F)(F)F)c2)c2c3c1CCN3C(=O)NC2c1cc(F)ccc1Cl. The van der Waals surface area contributed by atoms with Gasteiger partial charge >= 0.3 is 12.2 Å². The van der Waals surface area contributed by atoms with Crippen molar-refractivity contribution in [3.63, 3.8) is 0 Å². The first-order valence-corrected chi connectivity index (χ1v) is 14.0. The first-order chi connectivity index (χ1) is 21.9. The molecule has 0 fully saturated rings. The van der Waals surface area contributed by atoms with Crippen LogP contribution in [-0.4, -0.2) is 33.1 Å². The van der Waals surface area contributed by atoms with E-state index >= 15 is 0 Å². The van der Waals surface area contributed by atoms with E-state index in [4.69, 9.17) is 11.6 Å². The molecule has 0 spiro atoms. The summed E-state index contributed by atoms with van der Waals surface area (Å²) >= 11 is 6.46. The molecule has 9 nitrogen and oxygen atoms in total. The van der Waals surface area contributed by atoms with Crippen molar-refractivity contribution < 1.29 is 31.5 Å². The average molecular weight is 650 g/mol. The van der Waals surface area contributed by atoms with Gasteiger partial charge in [-0.1, -0.05) is 11.6 Å². The molecule has 3 amide bonds. The van der Waals surface area contributed by atoms with Crippen LogP contribution in [0.2, 0.25) is 5.02 Å². The molecule has 5 aromatic rings. The van der Waals surface area contributed by atoms with Crippen LogP contribution >= 0.6 is 11.6 Å². The number of urea groups is 1. The predicted molar refractivity (Wildman–Crippen MR) is 155 cm³/mol. The van der Waals surface area contributed by atoms with Gasteiger partial charge in [0.2, 0.25) is 0 Å². The zero-order valence-electron chi connectivity index (χ0n) is 23.1. The number of nitrogens with zero attached hydrogens (tertiary/aromatic N) is 5. The molecule has 0 radical (unpaired) electrons. The Morgan fingerprint density at radius 2 is 1.89 bits per heavy atom. The Bertz CT molecular complexity index is 2180. The van der Waals surface area contributed by atoms with Crippen LogP contribution in [-0.2, 0) is 12.6 Å². The molecule has 230 valence electrons. The van der Waals surface area contributed by atoms with Crippen LogP contribution in [0.3, 0.4) is 0 Å². The van der Waals surface area contributed by atoms with Gasteiger partial charge in [-0.3, -0.25) is 9.69 Å². The van der Waals surface area contributed by atoms with Gasteiger partial charge in [0.05, 0.1) is 28.9 Å². The molecule has 0 aliphatic carbocycles. The average Bonchev–Trinajstić information content (AvgIpc) is 3.67. The second-order valence-electron chi connectivity index (χ2n) is 10.6. The second-order valence-corrected chi connectivity index (χ2v) is 11.0. The van der Waals surface area contributed by atoms with E-state index in [1.807, 2.05) is 0 Å². The maximum absolute atomic E-state index is 14.5. The molecule has 3 aromatic carbocycles. The highest BCUT2D eigenvalue weighted by molar-refractivity contribution is 6.31. The van der Waals surface area contributed by atoms with Gasteiger partial charge < -0.3 is 10.6 Å². The highest BCUT2D eigenvalue weighted by Crippen LogP contribution is 2.50. The number of fused-ring (bicyclic) bond motifs is 1. The number of benzene rings is 3. The Morgan fingerprint density at radius 3 is 2.65 bits per heavy atom. The molecule has 1 unspecified atom stereocenters. The van der Waals surface area contributed by atoms with E-state index in [-0.39, 0.29) is 40.0 Å². The summed E-state index contributed by atoms with van der Waals surface area (Å²) in [6.07, 6.45) is -1.76. The highest BCUT2D eigenvalue weighted by Gasteiger charge is 2.41. The standard InChI is InChI=1S/C31H17ClF5N7O2/c32-23-2-1-17(33)9-21(23)27-26-24(41-29(45)14-5-16(31(35,36)37)8-18(34)6-14)10-20(19-3-4-43(28(19)26)30(46)42-27)22-12-44-25(39-13-40-44)7-15(22)11-38/h1-2,5-10,12-13,27H,3-4H2,(H,41,45)(H,42,46). The number of halogens is 6. The summed E-state index contributed by atoms with van der Waals surface area (Å²) in [5.74, 6) is -3.03. The monoisotopic (exact) mass is 649 g/mol. The number of carbonyl (C=O) groups is 2. The number of alkyl halides is 3. The van der Waals surface area contributed by atoms with Crippen LogP contribution < -0.4 is 15.5 Å². The van der Waals surface area contributed by atoms with E-state index < -0.39 is 46.9 Å². The Hall–Kier alpha value is -5.55. The molecule has 4 heterocycles. The van der Waals surface area contributed by atoms with Gasteiger partial charge in [-0.25, -0.2) is 23.1 Å². The van der Waals surface area contributed by atoms with Crippen molar-refractivity contribution >= 4 is 40.6 Å². The first-order valence-electron chi connectivity index (χ1n) is 13.6. The number of aromatic nitrogens is 3. The Balaban J connectivity index is 1.48. The van der Waals surface area contributed by atoms with Crippen LogP contribution in [0.1, 0.15) is 44.2 Å². The quantitative estimate of drug-likeness (QED) is 0.212. The van der Waals surface area contributed by atoms with E-state index in [0.717, 1.165) is 12.1 Å². The van der Waals surface area contributed by atoms with Gasteiger partial charge in [-0.2, -0.15) is 23.5 Å². The number of nitrogens with one attached hydrogen (secondary N) is 2. The van der Waals surface area contributed by atoms with Crippen molar-refractivity contribution in [1.82, 2.24) is 19.9 Å². The van der Waals surface area contributed by atoms with Gasteiger partial charge in [0, 0.05) is 51.8 Å². The van der Waals surface area contributed by atoms with Crippen molar-refractivity contribution in [3.8, 4) is 17.2 Å². The van der Waals surface area contributed by atoms with Crippen molar-refractivity contribution in [2.45, 2.75) is 18.6 Å². The fraction of sp³-hybridized carbons (Fsp3) is 0.129. The van der Waals surface area contributed by atoms with Gasteiger partial charge in [-0.15, -0.1) is 0 Å². The molecular weight excluding hydrogens is 633 g/mol. The van der Waals surface area contributed by atoms with Crippen molar-refractivity contribution in [3.05, 3.63) is 111 Å². The summed E-state index contributed by atoms with van der Waals surface area (Å²) in [4.78, 5) is 32.5. The molecule has 0 saturated heterocycles.